The fourth-order valence-corrected chi connectivity index (χ4v) is 7.33. The number of hydrogen-bond acceptors (Lipinski definition) is 7. The molecule has 5 fully saturated rings. The molecule has 2 saturated carbocycles. The minimum absolute atomic E-state index is 0. The van der Waals surface area contributed by atoms with Crippen LogP contribution in [0.25, 0.3) is 0 Å². The summed E-state index contributed by atoms with van der Waals surface area (Å²) in [5, 5.41) is 14.8. The number of piperidine rings is 3. The summed E-state index contributed by atoms with van der Waals surface area (Å²) in [6.07, 6.45) is 14.7. The lowest BCUT2D eigenvalue weighted by Gasteiger charge is -2.52. The Bertz CT molecular complexity index is 866. The van der Waals surface area contributed by atoms with E-state index in [1.165, 1.54) is 25.5 Å². The first-order valence-electron chi connectivity index (χ1n) is 13.7. The molecule has 0 spiro atoms. The van der Waals surface area contributed by atoms with Crippen molar-refractivity contribution in [1.29, 1.82) is 0 Å². The molecule has 2 bridgehead atoms. The van der Waals surface area contributed by atoms with Crippen molar-refractivity contribution >= 4 is 17.8 Å². The van der Waals surface area contributed by atoms with Crippen molar-refractivity contribution in [2.75, 3.05) is 31.5 Å². The second-order valence-electron chi connectivity index (χ2n) is 11.4. The number of carbonyl (C=O) groups excluding carboxylic acids is 2. The number of nitrogens with one attached hydrogen (secondary N) is 1. The Labute approximate surface area is 224 Å². The van der Waals surface area contributed by atoms with Gasteiger partial charge in [0, 0.05) is 18.8 Å². The van der Waals surface area contributed by atoms with Crippen LogP contribution in [0.3, 0.4) is 0 Å². The van der Waals surface area contributed by atoms with E-state index >= 15 is 0 Å². The quantitative estimate of drug-likeness (QED) is 0.349. The van der Waals surface area contributed by atoms with E-state index < -0.39 is 5.60 Å². The van der Waals surface area contributed by atoms with Crippen molar-refractivity contribution < 1.29 is 40.9 Å². The number of hydrogen-bond donors (Lipinski definition) is 2. The van der Waals surface area contributed by atoms with Crippen LogP contribution in [0.4, 0.5) is 5.95 Å². The van der Waals surface area contributed by atoms with Gasteiger partial charge in [-0.1, -0.05) is 38.5 Å². The molecule has 10 heteroatoms. The Hall–Kier alpha value is -1.65. The van der Waals surface area contributed by atoms with Crippen molar-refractivity contribution in [3.05, 3.63) is 12.7 Å². The fraction of sp³-hybridized carbons (Fsp3) is 0.808. The monoisotopic (exact) mass is 565 g/mol. The van der Waals surface area contributed by atoms with Gasteiger partial charge in [-0.15, -0.1) is 0 Å². The van der Waals surface area contributed by atoms with E-state index in [0.717, 1.165) is 77.3 Å². The van der Waals surface area contributed by atoms with E-state index in [0.29, 0.717) is 23.5 Å². The molecule has 2 N–H and O–H groups in total. The van der Waals surface area contributed by atoms with Gasteiger partial charge >= 0.3 is 5.97 Å². The van der Waals surface area contributed by atoms with Crippen LogP contribution in [-0.4, -0.2) is 74.3 Å². The molecule has 3 saturated heterocycles. The minimum Gasteiger partial charge on any atom is -1.00 e. The molecule has 1 aromatic rings. The van der Waals surface area contributed by atoms with Crippen molar-refractivity contribution in [3.63, 3.8) is 0 Å². The van der Waals surface area contributed by atoms with Gasteiger partial charge in [0.1, 0.15) is 19.2 Å². The summed E-state index contributed by atoms with van der Waals surface area (Å²) in [5.74, 6) is 0.0467. The number of esters is 1. The molecule has 1 amide bonds. The van der Waals surface area contributed by atoms with Crippen molar-refractivity contribution in [2.24, 2.45) is 17.8 Å². The lowest BCUT2D eigenvalue weighted by Crippen LogP contribution is -3.00. The topological polar surface area (TPSA) is 114 Å². The van der Waals surface area contributed by atoms with E-state index in [1.54, 1.807) is 0 Å². The predicted octanol–water partition coefficient (Wildman–Crippen LogP) is -0.142. The van der Waals surface area contributed by atoms with Crippen molar-refractivity contribution in [3.8, 4) is 0 Å². The number of anilines is 1. The van der Waals surface area contributed by atoms with Gasteiger partial charge in [-0.05, 0) is 37.5 Å². The van der Waals surface area contributed by atoms with Gasteiger partial charge in [0.15, 0.2) is 18.2 Å². The minimum atomic E-state index is -1.37. The molecule has 5 aliphatic rings. The summed E-state index contributed by atoms with van der Waals surface area (Å²) in [4.78, 5) is 38.3. The maximum absolute atomic E-state index is 13.8. The van der Waals surface area contributed by atoms with Gasteiger partial charge in [-0.2, -0.15) is 0 Å². The normalized spacial score (nSPS) is 29.2. The number of nitrogens with zero attached hydrogens (tertiary/aromatic N) is 4. The van der Waals surface area contributed by atoms with E-state index in [-0.39, 0.29) is 52.7 Å². The smallest absolute Gasteiger partial charge is 0.339 e. The van der Waals surface area contributed by atoms with Gasteiger partial charge < -0.3 is 31.3 Å². The first-order valence-corrected chi connectivity index (χ1v) is 13.7. The highest BCUT2D eigenvalue weighted by atomic mass is 79.9. The Balaban J connectivity index is 0.00000304. The van der Waals surface area contributed by atoms with Gasteiger partial charge in [-0.3, -0.25) is 10.1 Å². The summed E-state index contributed by atoms with van der Waals surface area (Å²) >= 11 is 0. The summed E-state index contributed by atoms with van der Waals surface area (Å²) < 4.78 is 6.86. The molecule has 0 radical (unpaired) electrons. The zero-order valence-electron chi connectivity index (χ0n) is 21.1. The molecule has 0 unspecified atom stereocenters. The third-order valence-corrected chi connectivity index (χ3v) is 9.31. The number of carbonyl (C=O) groups is 2. The lowest BCUT2D eigenvalue weighted by molar-refractivity contribution is -0.939. The molecule has 9 nitrogen and oxygen atoms in total. The molecule has 36 heavy (non-hydrogen) atoms. The standard InChI is InChI=1S/C26H39N5O4.BrH/c32-23(30-25-28-17-27-18-29-25)16-31-13-11-19(12-14-31)22(15-31)35-24(33)26(34,20-7-3-1-4-8-20)21-9-5-2-6-10-21;/h17-22,34H,1-16H2;1H/t19?,22-,31?;/m0./s1. The summed E-state index contributed by atoms with van der Waals surface area (Å²) in [6.45, 7) is 2.74. The van der Waals surface area contributed by atoms with Crippen LogP contribution in [0, 0.1) is 17.8 Å². The number of quaternary nitrogens is 1. The molecule has 6 rings (SSSR count). The third kappa shape index (κ3) is 5.75. The van der Waals surface area contributed by atoms with Crippen LogP contribution in [0.5, 0.6) is 0 Å². The molecule has 3 aliphatic heterocycles. The zero-order valence-corrected chi connectivity index (χ0v) is 22.7. The van der Waals surface area contributed by atoms with E-state index in [1.807, 2.05) is 0 Å². The number of halogens is 1. The summed E-state index contributed by atoms with van der Waals surface area (Å²) in [6, 6.07) is 0. The second-order valence-corrected chi connectivity index (χ2v) is 11.4. The first kappa shape index (κ1) is 27.4. The second kappa shape index (κ2) is 11.8. The average Bonchev–Trinajstić information content (AvgIpc) is 2.90. The van der Waals surface area contributed by atoms with E-state index in [4.69, 9.17) is 4.74 Å². The predicted molar refractivity (Wildman–Crippen MR) is 129 cm³/mol. The lowest BCUT2D eigenvalue weighted by atomic mass is 9.66. The largest absolute Gasteiger partial charge is 1.00 e. The van der Waals surface area contributed by atoms with Gasteiger partial charge in [0.05, 0.1) is 13.1 Å². The SMILES string of the molecule is O=C(C[N+]12CCC(CC1)[C@@H](OC(=O)C(O)(C1CCCCC1)C1CCCCC1)C2)Nc1ncncn1.[Br-]. The third-order valence-electron chi connectivity index (χ3n) is 9.31. The molecule has 200 valence electrons. The van der Waals surface area contributed by atoms with E-state index in [9.17, 15) is 14.7 Å². The van der Waals surface area contributed by atoms with Crippen LogP contribution in [-0.2, 0) is 14.3 Å². The highest BCUT2D eigenvalue weighted by molar-refractivity contribution is 5.89. The Morgan fingerprint density at radius 3 is 2.06 bits per heavy atom. The highest BCUT2D eigenvalue weighted by Gasteiger charge is 2.54. The van der Waals surface area contributed by atoms with Crippen LogP contribution < -0.4 is 22.3 Å². The number of aliphatic hydroxyl groups is 1. The fourth-order valence-electron chi connectivity index (χ4n) is 7.33. The maximum Gasteiger partial charge on any atom is 0.339 e. The molecule has 4 heterocycles. The molecule has 1 atom stereocenters. The number of aromatic nitrogens is 3. The van der Waals surface area contributed by atoms with Crippen molar-refractivity contribution in [1.82, 2.24) is 15.0 Å². The van der Waals surface area contributed by atoms with Gasteiger partial charge in [-0.25, -0.2) is 19.7 Å². The number of rotatable bonds is 7. The van der Waals surface area contributed by atoms with Crippen LogP contribution in [0.1, 0.15) is 77.0 Å². The summed E-state index contributed by atoms with van der Waals surface area (Å²) in [7, 11) is 0. The van der Waals surface area contributed by atoms with Crippen LogP contribution >= 0.6 is 0 Å². The molecule has 2 aliphatic carbocycles. The maximum atomic E-state index is 13.8. The van der Waals surface area contributed by atoms with E-state index in [2.05, 4.69) is 20.3 Å². The molecule has 0 aromatic carbocycles. The Morgan fingerprint density at radius 1 is 0.944 bits per heavy atom. The molecular formula is C26H40BrN5O4. The average molecular weight is 567 g/mol. The molecular weight excluding hydrogens is 526 g/mol. The van der Waals surface area contributed by atoms with Crippen LogP contribution in [0.2, 0.25) is 0 Å². The zero-order chi connectivity index (χ0) is 24.3. The molecule has 1 aromatic heterocycles. The van der Waals surface area contributed by atoms with Gasteiger partial charge in [0.2, 0.25) is 5.95 Å². The highest BCUT2D eigenvalue weighted by Crippen LogP contribution is 2.45. The number of ether oxygens (including phenoxy) is 1. The summed E-state index contributed by atoms with van der Waals surface area (Å²) in [5.41, 5.74) is -1.37. The van der Waals surface area contributed by atoms with Gasteiger partial charge in [0.25, 0.3) is 5.91 Å². The van der Waals surface area contributed by atoms with Crippen LogP contribution in [0.15, 0.2) is 12.7 Å². The Morgan fingerprint density at radius 2 is 1.50 bits per heavy atom. The first-order chi connectivity index (χ1) is 17.0. The Kier molecular flexibility index (Phi) is 8.99. The van der Waals surface area contributed by atoms with Crippen molar-refractivity contribution in [2.45, 2.75) is 88.8 Å². The number of amides is 1. The number of fused-ring (bicyclic) bond motifs is 3.